The molecule has 9 heteroatoms. The minimum absolute atomic E-state index is 0.0344. The number of likely N-dealkylation sites (N-methyl/N-ethyl adjacent to an activating group) is 1. The number of nitrogens with one attached hydrogen (secondary N) is 2. The van der Waals surface area contributed by atoms with Crippen LogP contribution in [0.25, 0.3) is 0 Å². The van der Waals surface area contributed by atoms with Crippen LogP contribution in [-0.4, -0.2) is 59.6 Å². The van der Waals surface area contributed by atoms with E-state index in [4.69, 9.17) is 9.47 Å². The van der Waals surface area contributed by atoms with Crippen molar-refractivity contribution in [3.8, 4) is 11.5 Å². The molecule has 0 radical (unpaired) electrons. The number of fused-ring (bicyclic) bond motifs is 1. The summed E-state index contributed by atoms with van der Waals surface area (Å²) in [5.74, 6) is 0.963. The number of nitrogens with zero attached hydrogens (tertiary/aromatic N) is 1. The van der Waals surface area contributed by atoms with E-state index >= 15 is 0 Å². The molecule has 2 aromatic rings. The van der Waals surface area contributed by atoms with Crippen LogP contribution in [0.1, 0.15) is 31.2 Å². The van der Waals surface area contributed by atoms with Gasteiger partial charge in [-0.15, -0.1) is 0 Å². The van der Waals surface area contributed by atoms with Gasteiger partial charge in [0.05, 0.1) is 4.90 Å². The van der Waals surface area contributed by atoms with E-state index in [0.717, 1.165) is 25.1 Å². The average molecular weight is 476 g/mol. The zero-order chi connectivity index (χ0) is 23.7. The monoisotopic (exact) mass is 475 g/mol. The van der Waals surface area contributed by atoms with Crippen molar-refractivity contribution >= 4 is 21.6 Å². The Hall–Kier alpha value is -2.62. The molecule has 1 heterocycles. The number of carbonyl (C=O) groups excluding carboxylic acids is 1. The fourth-order valence-electron chi connectivity index (χ4n) is 3.40. The first-order valence-corrected chi connectivity index (χ1v) is 12.7. The number of ether oxygens (including phenoxy) is 2. The number of sulfonamides is 1. The second kappa shape index (κ2) is 12.0. The Morgan fingerprint density at radius 3 is 2.42 bits per heavy atom. The summed E-state index contributed by atoms with van der Waals surface area (Å²) >= 11 is 0. The van der Waals surface area contributed by atoms with Crippen molar-refractivity contribution in [2.45, 2.75) is 37.0 Å². The molecular formula is C24H33N3O5S. The molecule has 2 N–H and O–H groups in total. The van der Waals surface area contributed by atoms with Gasteiger partial charge in [-0.3, -0.25) is 4.79 Å². The van der Waals surface area contributed by atoms with Gasteiger partial charge in [-0.25, -0.2) is 13.1 Å². The van der Waals surface area contributed by atoms with Crippen LogP contribution in [0.3, 0.4) is 0 Å². The highest BCUT2D eigenvalue weighted by Gasteiger charge is 2.18. The molecule has 33 heavy (non-hydrogen) atoms. The number of rotatable bonds is 12. The smallest absolute Gasteiger partial charge is 0.240 e. The van der Waals surface area contributed by atoms with E-state index in [9.17, 15) is 13.2 Å². The first kappa shape index (κ1) is 25.0. The molecule has 1 amide bonds. The van der Waals surface area contributed by atoms with Gasteiger partial charge in [-0.1, -0.05) is 18.6 Å². The minimum atomic E-state index is -3.62. The molecule has 0 fully saturated rings. The predicted molar refractivity (Wildman–Crippen MR) is 128 cm³/mol. The van der Waals surface area contributed by atoms with Gasteiger partial charge in [0.1, 0.15) is 13.2 Å². The van der Waals surface area contributed by atoms with Gasteiger partial charge < -0.3 is 19.7 Å². The molecule has 0 saturated heterocycles. The van der Waals surface area contributed by atoms with Crippen LogP contribution in [0, 0.1) is 0 Å². The Morgan fingerprint density at radius 2 is 1.70 bits per heavy atom. The number of carbonyl (C=O) groups is 1. The molecule has 0 spiro atoms. The molecule has 8 nitrogen and oxygen atoms in total. The van der Waals surface area contributed by atoms with E-state index in [2.05, 4.69) is 14.9 Å². The maximum atomic E-state index is 12.5. The Balaban J connectivity index is 1.33. The first-order valence-electron chi connectivity index (χ1n) is 11.3. The van der Waals surface area contributed by atoms with Crippen LogP contribution in [0.5, 0.6) is 11.5 Å². The zero-order valence-electron chi connectivity index (χ0n) is 19.3. The summed E-state index contributed by atoms with van der Waals surface area (Å²) in [6.45, 7) is 2.16. The lowest BCUT2D eigenvalue weighted by Gasteiger charge is -2.18. The number of unbranched alkanes of at least 4 members (excludes halogenated alkanes) is 2. The van der Waals surface area contributed by atoms with Crippen molar-refractivity contribution in [1.29, 1.82) is 0 Å². The largest absolute Gasteiger partial charge is 0.486 e. The van der Waals surface area contributed by atoms with Crippen molar-refractivity contribution in [1.82, 2.24) is 9.62 Å². The van der Waals surface area contributed by atoms with E-state index < -0.39 is 10.0 Å². The summed E-state index contributed by atoms with van der Waals surface area (Å²) in [4.78, 5) is 14.4. The van der Waals surface area contributed by atoms with Gasteiger partial charge in [-0.05, 0) is 63.2 Å². The number of anilines is 1. The van der Waals surface area contributed by atoms with Crippen molar-refractivity contribution in [2.24, 2.45) is 0 Å². The SMILES string of the molecule is CN(C)CCc1ccc(NC(=O)CCCCCNS(=O)(=O)c2ccc3c(c2)OCCO3)cc1. The fraction of sp³-hybridized carbons (Fsp3) is 0.458. The Bertz CT molecular complexity index is 1020. The summed E-state index contributed by atoms with van der Waals surface area (Å²) in [7, 11) is 0.473. The quantitative estimate of drug-likeness (QED) is 0.458. The van der Waals surface area contributed by atoms with E-state index in [-0.39, 0.29) is 10.8 Å². The summed E-state index contributed by atoms with van der Waals surface area (Å²) in [6, 6.07) is 12.5. The maximum absolute atomic E-state index is 12.5. The number of hydrogen-bond acceptors (Lipinski definition) is 6. The molecule has 0 unspecified atom stereocenters. The lowest BCUT2D eigenvalue weighted by molar-refractivity contribution is -0.116. The summed E-state index contributed by atoms with van der Waals surface area (Å²) < 4.78 is 38.4. The van der Waals surface area contributed by atoms with Gasteiger partial charge in [0.2, 0.25) is 15.9 Å². The van der Waals surface area contributed by atoms with E-state index in [0.29, 0.717) is 50.5 Å². The van der Waals surface area contributed by atoms with Gasteiger partial charge >= 0.3 is 0 Å². The molecule has 0 aromatic heterocycles. The van der Waals surface area contributed by atoms with E-state index in [1.165, 1.54) is 17.7 Å². The molecule has 1 aliphatic rings. The second-order valence-electron chi connectivity index (χ2n) is 8.31. The average Bonchev–Trinajstić information content (AvgIpc) is 2.80. The fourth-order valence-corrected chi connectivity index (χ4v) is 4.49. The number of amides is 1. The third-order valence-corrected chi connectivity index (χ3v) is 6.74. The molecule has 2 aromatic carbocycles. The van der Waals surface area contributed by atoms with E-state index in [1.807, 2.05) is 38.4 Å². The molecule has 180 valence electrons. The second-order valence-corrected chi connectivity index (χ2v) is 10.1. The third-order valence-electron chi connectivity index (χ3n) is 5.28. The van der Waals surface area contributed by atoms with Crippen molar-refractivity contribution in [3.63, 3.8) is 0 Å². The molecule has 0 aliphatic carbocycles. The van der Waals surface area contributed by atoms with Crippen molar-refractivity contribution in [3.05, 3.63) is 48.0 Å². The van der Waals surface area contributed by atoms with Crippen molar-refractivity contribution in [2.75, 3.05) is 45.7 Å². The Labute approximate surface area is 196 Å². The summed E-state index contributed by atoms with van der Waals surface area (Å²) in [6.07, 6.45) is 3.47. The van der Waals surface area contributed by atoms with Crippen LogP contribution in [-0.2, 0) is 21.2 Å². The number of benzene rings is 2. The van der Waals surface area contributed by atoms with Gasteiger partial charge in [-0.2, -0.15) is 0 Å². The summed E-state index contributed by atoms with van der Waals surface area (Å²) in [5, 5.41) is 2.91. The minimum Gasteiger partial charge on any atom is -0.486 e. The normalized spacial score (nSPS) is 13.2. The van der Waals surface area contributed by atoms with Gasteiger partial charge in [0, 0.05) is 31.3 Å². The van der Waals surface area contributed by atoms with Crippen molar-refractivity contribution < 1.29 is 22.7 Å². The third kappa shape index (κ3) is 8.03. The Kier molecular flexibility index (Phi) is 9.11. The molecule has 0 bridgehead atoms. The summed E-state index contributed by atoms with van der Waals surface area (Å²) in [5.41, 5.74) is 2.03. The highest BCUT2D eigenvalue weighted by molar-refractivity contribution is 7.89. The van der Waals surface area contributed by atoms with Gasteiger partial charge in [0.25, 0.3) is 0 Å². The molecule has 0 saturated carbocycles. The lowest BCUT2D eigenvalue weighted by atomic mass is 10.1. The molecule has 1 aliphatic heterocycles. The highest BCUT2D eigenvalue weighted by Crippen LogP contribution is 2.32. The zero-order valence-corrected chi connectivity index (χ0v) is 20.1. The van der Waals surface area contributed by atoms with Gasteiger partial charge in [0.15, 0.2) is 11.5 Å². The maximum Gasteiger partial charge on any atom is 0.240 e. The predicted octanol–water partition coefficient (Wildman–Crippen LogP) is 3.04. The molecule has 0 atom stereocenters. The van der Waals surface area contributed by atoms with Crippen LogP contribution in [0.2, 0.25) is 0 Å². The van der Waals surface area contributed by atoms with Crippen LogP contribution >= 0.6 is 0 Å². The molecular weight excluding hydrogens is 442 g/mol. The highest BCUT2D eigenvalue weighted by atomic mass is 32.2. The first-order chi connectivity index (χ1) is 15.8. The topological polar surface area (TPSA) is 97.0 Å². The van der Waals surface area contributed by atoms with Crippen LogP contribution < -0.4 is 19.5 Å². The number of hydrogen-bond donors (Lipinski definition) is 2. The molecule has 3 rings (SSSR count). The van der Waals surface area contributed by atoms with E-state index in [1.54, 1.807) is 6.07 Å². The van der Waals surface area contributed by atoms with Crippen LogP contribution in [0.15, 0.2) is 47.4 Å². The standard InChI is InChI=1S/C24H33N3O5S/c1-27(2)15-13-19-7-9-20(10-8-19)26-24(28)6-4-3-5-14-25-33(29,30)21-11-12-22-23(18-21)32-17-16-31-22/h7-12,18,25H,3-6,13-17H2,1-2H3,(H,26,28). The lowest BCUT2D eigenvalue weighted by Crippen LogP contribution is -2.25. The Morgan fingerprint density at radius 1 is 0.970 bits per heavy atom. The van der Waals surface area contributed by atoms with Crippen LogP contribution in [0.4, 0.5) is 5.69 Å².